The summed E-state index contributed by atoms with van der Waals surface area (Å²) in [5.74, 6) is 1.30. The number of aromatic nitrogens is 4. The monoisotopic (exact) mass is 296 g/mol. The van der Waals surface area contributed by atoms with Crippen LogP contribution in [-0.4, -0.2) is 19.6 Å². The van der Waals surface area contributed by atoms with Crippen molar-refractivity contribution >= 4 is 22.4 Å². The highest BCUT2D eigenvalue weighted by atomic mass is 32.1. The van der Waals surface area contributed by atoms with Gasteiger partial charge in [-0.25, -0.2) is 9.50 Å². The molecule has 0 saturated heterocycles. The lowest BCUT2D eigenvalue weighted by Crippen LogP contribution is -2.15. The van der Waals surface area contributed by atoms with Gasteiger partial charge in [0.05, 0.1) is 5.69 Å². The molecule has 3 heterocycles. The van der Waals surface area contributed by atoms with Crippen LogP contribution in [0.3, 0.4) is 0 Å². The van der Waals surface area contributed by atoms with Gasteiger partial charge in [0.25, 0.3) is 5.56 Å². The van der Waals surface area contributed by atoms with Gasteiger partial charge < -0.3 is 4.98 Å². The zero-order valence-corrected chi connectivity index (χ0v) is 12.1. The van der Waals surface area contributed by atoms with E-state index in [0.717, 1.165) is 22.7 Å². The number of aryl methyl sites for hydroxylation is 1. The molecule has 0 atom stereocenters. The van der Waals surface area contributed by atoms with E-state index in [1.54, 1.807) is 15.9 Å². The highest BCUT2D eigenvalue weighted by Gasteiger charge is 2.19. The van der Waals surface area contributed by atoms with Crippen molar-refractivity contribution in [3.05, 3.63) is 56.9 Å². The molecule has 0 aliphatic heterocycles. The average molecular weight is 296 g/mol. The molecule has 1 aliphatic carbocycles. The molecule has 1 aliphatic rings. The topological polar surface area (TPSA) is 63.1 Å². The van der Waals surface area contributed by atoms with Crippen molar-refractivity contribution in [3.8, 4) is 11.4 Å². The van der Waals surface area contributed by atoms with Crippen molar-refractivity contribution in [2.45, 2.75) is 13.3 Å². The Balaban J connectivity index is 2.04. The summed E-state index contributed by atoms with van der Waals surface area (Å²) in [4.78, 5) is 19.9. The van der Waals surface area contributed by atoms with Gasteiger partial charge in [0.1, 0.15) is 0 Å². The molecule has 5 nitrogen and oxygen atoms in total. The molecule has 0 amide bonds. The van der Waals surface area contributed by atoms with Crippen LogP contribution < -0.4 is 5.56 Å². The lowest BCUT2D eigenvalue weighted by Gasteiger charge is -2.06. The standard InChI is InChI=1S/C15H12N4OS/c1-2-11-12-15(20)17-13(10-6-7-21-8-10)18-19(12)14(16-11)9-4-3-5-9/h3-8H,2H2,1H3,(H,17,18,20). The smallest absolute Gasteiger partial charge is 0.277 e. The largest absolute Gasteiger partial charge is 0.303 e. The van der Waals surface area contributed by atoms with Gasteiger partial charge in [0, 0.05) is 16.5 Å². The van der Waals surface area contributed by atoms with Crippen molar-refractivity contribution in [2.75, 3.05) is 0 Å². The van der Waals surface area contributed by atoms with Gasteiger partial charge in [-0.1, -0.05) is 25.2 Å². The molecule has 0 fully saturated rings. The summed E-state index contributed by atoms with van der Waals surface area (Å²) in [5, 5.41) is 8.50. The van der Waals surface area contributed by atoms with Crippen LogP contribution in [0.2, 0.25) is 0 Å². The molecule has 1 N–H and O–H groups in total. The summed E-state index contributed by atoms with van der Waals surface area (Å²) in [6, 6.07) is 1.94. The van der Waals surface area contributed by atoms with Gasteiger partial charge in [-0.15, -0.1) is 5.10 Å². The Morgan fingerprint density at radius 3 is 2.90 bits per heavy atom. The summed E-state index contributed by atoms with van der Waals surface area (Å²) in [6.45, 7) is 1.99. The third kappa shape index (κ3) is 1.80. The summed E-state index contributed by atoms with van der Waals surface area (Å²) in [5.41, 5.74) is 3.07. The summed E-state index contributed by atoms with van der Waals surface area (Å²) >= 11 is 1.57. The lowest BCUT2D eigenvalue weighted by molar-refractivity contribution is 0.875. The van der Waals surface area contributed by atoms with Crippen LogP contribution in [0.4, 0.5) is 0 Å². The van der Waals surface area contributed by atoms with E-state index in [4.69, 9.17) is 0 Å². The maximum atomic E-state index is 12.4. The van der Waals surface area contributed by atoms with Crippen molar-refractivity contribution in [1.29, 1.82) is 0 Å². The maximum absolute atomic E-state index is 12.4. The molecule has 4 rings (SSSR count). The highest BCUT2D eigenvalue weighted by molar-refractivity contribution is 7.08. The Bertz CT molecular complexity index is 944. The zero-order valence-electron chi connectivity index (χ0n) is 11.3. The molecule has 3 aromatic heterocycles. The van der Waals surface area contributed by atoms with E-state index in [0.29, 0.717) is 17.8 Å². The molecular formula is C15H12N4OS. The first kappa shape index (κ1) is 12.3. The molecule has 0 radical (unpaired) electrons. The molecule has 104 valence electrons. The highest BCUT2D eigenvalue weighted by Crippen LogP contribution is 2.24. The van der Waals surface area contributed by atoms with E-state index in [-0.39, 0.29) is 5.56 Å². The van der Waals surface area contributed by atoms with E-state index >= 15 is 0 Å². The van der Waals surface area contributed by atoms with E-state index in [1.165, 1.54) is 0 Å². The molecule has 0 unspecified atom stereocenters. The number of aromatic amines is 1. The van der Waals surface area contributed by atoms with Crippen LogP contribution in [0.5, 0.6) is 0 Å². The summed E-state index contributed by atoms with van der Waals surface area (Å²) in [7, 11) is 0. The molecule has 0 aromatic carbocycles. The SMILES string of the molecule is CCc1nc(C2=CC=C2)n2nc(-c3ccsc3)[nH]c(=O)c12. The van der Waals surface area contributed by atoms with Crippen LogP contribution in [0.15, 0.2) is 39.8 Å². The van der Waals surface area contributed by atoms with Gasteiger partial charge in [0.15, 0.2) is 17.2 Å². The first-order chi connectivity index (χ1) is 10.3. The van der Waals surface area contributed by atoms with Crippen LogP contribution >= 0.6 is 11.3 Å². The summed E-state index contributed by atoms with van der Waals surface area (Å²) < 4.78 is 1.67. The average Bonchev–Trinajstić information content (AvgIpc) is 3.05. The second kappa shape index (κ2) is 4.53. The molecule has 6 heteroatoms. The molecule has 21 heavy (non-hydrogen) atoms. The van der Waals surface area contributed by atoms with Crippen molar-refractivity contribution in [2.24, 2.45) is 0 Å². The van der Waals surface area contributed by atoms with E-state index in [1.807, 2.05) is 42.0 Å². The minimum Gasteiger partial charge on any atom is -0.303 e. The Labute approximate surface area is 124 Å². The second-order valence-corrected chi connectivity index (χ2v) is 5.57. The summed E-state index contributed by atoms with van der Waals surface area (Å²) in [6.07, 6.45) is 6.60. The van der Waals surface area contributed by atoms with Crippen molar-refractivity contribution in [3.63, 3.8) is 0 Å². The fourth-order valence-corrected chi connectivity index (χ4v) is 3.02. The molecule has 0 saturated carbocycles. The molecular weight excluding hydrogens is 284 g/mol. The van der Waals surface area contributed by atoms with Gasteiger partial charge in [-0.2, -0.15) is 11.3 Å². The number of hydrogen-bond donors (Lipinski definition) is 1. The minimum absolute atomic E-state index is 0.147. The number of nitrogens with one attached hydrogen (secondary N) is 1. The number of thiophene rings is 1. The lowest BCUT2D eigenvalue weighted by atomic mass is 10.1. The fourth-order valence-electron chi connectivity index (χ4n) is 2.38. The van der Waals surface area contributed by atoms with Crippen LogP contribution in [0.1, 0.15) is 18.4 Å². The quantitative estimate of drug-likeness (QED) is 0.808. The first-order valence-corrected chi connectivity index (χ1v) is 7.65. The van der Waals surface area contributed by atoms with Crippen LogP contribution in [-0.2, 0) is 6.42 Å². The fraction of sp³-hybridized carbons (Fsp3) is 0.133. The minimum atomic E-state index is -0.147. The number of rotatable bonds is 3. The zero-order chi connectivity index (χ0) is 14.4. The predicted octanol–water partition coefficient (Wildman–Crippen LogP) is 2.66. The van der Waals surface area contributed by atoms with E-state index < -0.39 is 0 Å². The second-order valence-electron chi connectivity index (χ2n) is 4.79. The van der Waals surface area contributed by atoms with Gasteiger partial charge in [-0.05, 0) is 17.9 Å². The number of hydrogen-bond acceptors (Lipinski definition) is 4. The van der Waals surface area contributed by atoms with Crippen molar-refractivity contribution < 1.29 is 0 Å². The number of fused-ring (bicyclic) bond motifs is 1. The number of allylic oxidation sites excluding steroid dienone is 4. The number of nitrogens with zero attached hydrogens (tertiary/aromatic N) is 3. The van der Waals surface area contributed by atoms with Gasteiger partial charge in [0.2, 0.25) is 0 Å². The van der Waals surface area contributed by atoms with E-state index in [9.17, 15) is 4.79 Å². The Hall–Kier alpha value is -2.47. The third-order valence-electron chi connectivity index (χ3n) is 3.51. The Morgan fingerprint density at radius 1 is 1.43 bits per heavy atom. The Morgan fingerprint density at radius 2 is 2.29 bits per heavy atom. The Kier molecular flexibility index (Phi) is 2.65. The maximum Gasteiger partial charge on any atom is 0.277 e. The normalized spacial score (nSPS) is 13.5. The number of imidazole rings is 1. The molecule has 0 spiro atoms. The first-order valence-electron chi connectivity index (χ1n) is 6.71. The van der Waals surface area contributed by atoms with Gasteiger partial charge in [-0.3, -0.25) is 4.79 Å². The molecule has 3 aromatic rings. The molecule has 0 bridgehead atoms. The van der Waals surface area contributed by atoms with Crippen LogP contribution in [0, 0.1) is 0 Å². The van der Waals surface area contributed by atoms with Gasteiger partial charge >= 0.3 is 0 Å². The van der Waals surface area contributed by atoms with Crippen molar-refractivity contribution in [1.82, 2.24) is 19.6 Å². The van der Waals surface area contributed by atoms with E-state index in [2.05, 4.69) is 15.1 Å². The predicted molar refractivity (Wildman–Crippen MR) is 83.4 cm³/mol. The third-order valence-corrected chi connectivity index (χ3v) is 4.20. The number of H-pyrrole nitrogens is 1. The van der Waals surface area contributed by atoms with Crippen LogP contribution in [0.25, 0.3) is 22.5 Å².